The minimum absolute atomic E-state index is 0.00785. The van der Waals surface area contributed by atoms with E-state index in [0.29, 0.717) is 6.42 Å². The van der Waals surface area contributed by atoms with E-state index in [1.54, 1.807) is 19.1 Å². The normalized spacial score (nSPS) is 11.7. The molecule has 3 N–H and O–H groups in total. The number of nitrogens with one attached hydrogen (secondary N) is 3. The molecule has 1 atom stereocenters. The molecule has 0 fully saturated rings. The molecule has 0 aliphatic rings. The van der Waals surface area contributed by atoms with Crippen LogP contribution in [0.25, 0.3) is 0 Å². The molecule has 0 bridgehead atoms. The summed E-state index contributed by atoms with van der Waals surface area (Å²) in [4.78, 5) is 48.6. The van der Waals surface area contributed by atoms with Crippen LogP contribution in [0.2, 0.25) is 0 Å². The van der Waals surface area contributed by atoms with Gasteiger partial charge in [-0.3, -0.25) is 24.7 Å². The topological polar surface area (TPSA) is 138 Å². The van der Waals surface area contributed by atoms with Gasteiger partial charge in [-0.05, 0) is 18.9 Å². The molecule has 23 heavy (non-hydrogen) atoms. The van der Waals surface area contributed by atoms with E-state index in [1.165, 1.54) is 12.1 Å². The van der Waals surface area contributed by atoms with Crippen LogP contribution in [0.3, 0.4) is 0 Å². The second kappa shape index (κ2) is 6.69. The van der Waals surface area contributed by atoms with Crippen LogP contribution in [-0.2, 0) is 6.42 Å². The van der Waals surface area contributed by atoms with Gasteiger partial charge >= 0.3 is 5.69 Å². The molecule has 1 aromatic heterocycles. The van der Waals surface area contributed by atoms with E-state index in [9.17, 15) is 24.5 Å². The lowest BCUT2D eigenvalue weighted by atomic mass is 10.1. The third-order valence-electron chi connectivity index (χ3n) is 3.07. The van der Waals surface area contributed by atoms with Crippen molar-refractivity contribution in [3.63, 3.8) is 0 Å². The lowest BCUT2D eigenvalue weighted by Gasteiger charge is -2.13. The summed E-state index contributed by atoms with van der Waals surface area (Å²) in [5.41, 5.74) is -0.753. The molecule has 120 valence electrons. The number of rotatable bonds is 5. The highest BCUT2D eigenvalue weighted by atomic mass is 16.6. The molecule has 0 unspecified atom stereocenters. The fourth-order valence-electron chi connectivity index (χ4n) is 2.05. The Bertz CT molecular complexity index is 809. The third kappa shape index (κ3) is 4.37. The van der Waals surface area contributed by atoms with Crippen molar-refractivity contribution in [1.29, 1.82) is 0 Å². The van der Waals surface area contributed by atoms with Crippen molar-refractivity contribution >= 4 is 11.6 Å². The molecule has 2 aromatic rings. The summed E-state index contributed by atoms with van der Waals surface area (Å²) in [5.74, 6) is -0.581. The Balaban J connectivity index is 2.02. The summed E-state index contributed by atoms with van der Waals surface area (Å²) in [7, 11) is 0. The van der Waals surface area contributed by atoms with E-state index in [1.807, 2.05) is 4.98 Å². The van der Waals surface area contributed by atoms with E-state index in [4.69, 9.17) is 0 Å². The molecule has 9 nitrogen and oxygen atoms in total. The highest BCUT2D eigenvalue weighted by Crippen LogP contribution is 2.13. The predicted octanol–water partition coefficient (Wildman–Crippen LogP) is 0.332. The minimum atomic E-state index is -0.759. The number of hydrogen-bond acceptors (Lipinski definition) is 5. The average molecular weight is 318 g/mol. The molecule has 0 saturated heterocycles. The number of nitro groups is 1. The first-order valence-corrected chi connectivity index (χ1v) is 6.73. The van der Waals surface area contributed by atoms with Crippen LogP contribution in [-0.4, -0.2) is 26.8 Å². The summed E-state index contributed by atoms with van der Waals surface area (Å²) in [6.07, 6.45) is 0.442. The number of aromatic amines is 2. The van der Waals surface area contributed by atoms with Crippen LogP contribution < -0.4 is 16.6 Å². The number of H-pyrrole nitrogens is 2. The van der Waals surface area contributed by atoms with Crippen molar-refractivity contribution in [2.24, 2.45) is 0 Å². The molecule has 1 heterocycles. The Morgan fingerprint density at radius 3 is 2.48 bits per heavy atom. The molecule has 0 spiro atoms. The van der Waals surface area contributed by atoms with Crippen molar-refractivity contribution < 1.29 is 9.72 Å². The molecular weight excluding hydrogens is 304 g/mol. The van der Waals surface area contributed by atoms with Crippen molar-refractivity contribution in [1.82, 2.24) is 15.3 Å². The van der Waals surface area contributed by atoms with Crippen LogP contribution in [0.1, 0.15) is 23.0 Å². The fourth-order valence-corrected chi connectivity index (χ4v) is 2.05. The number of aromatic nitrogens is 2. The number of hydrogen-bond donors (Lipinski definition) is 3. The zero-order valence-corrected chi connectivity index (χ0v) is 12.2. The molecule has 2 rings (SSSR count). The van der Waals surface area contributed by atoms with Crippen LogP contribution in [0.4, 0.5) is 5.69 Å². The zero-order valence-electron chi connectivity index (χ0n) is 12.2. The van der Waals surface area contributed by atoms with E-state index < -0.39 is 22.1 Å². The second-order valence-electron chi connectivity index (χ2n) is 5.00. The summed E-state index contributed by atoms with van der Waals surface area (Å²) >= 11 is 0. The maximum atomic E-state index is 12.0. The first-order chi connectivity index (χ1) is 10.8. The predicted molar refractivity (Wildman–Crippen MR) is 81.4 cm³/mol. The van der Waals surface area contributed by atoms with Gasteiger partial charge in [-0.1, -0.05) is 12.1 Å². The second-order valence-corrected chi connectivity index (χ2v) is 5.00. The number of nitrogens with zero attached hydrogens (tertiary/aromatic N) is 1. The fraction of sp³-hybridized carbons (Fsp3) is 0.214. The number of non-ortho nitro benzene ring substituents is 1. The van der Waals surface area contributed by atoms with Crippen molar-refractivity contribution in [3.8, 4) is 0 Å². The number of carbonyl (C=O) groups is 1. The summed E-state index contributed by atoms with van der Waals surface area (Å²) in [6, 6.07) is 6.68. The van der Waals surface area contributed by atoms with Crippen molar-refractivity contribution in [2.75, 3.05) is 0 Å². The van der Waals surface area contributed by atoms with Gasteiger partial charge in [0, 0.05) is 24.2 Å². The molecule has 1 amide bonds. The molecule has 0 aliphatic carbocycles. The van der Waals surface area contributed by atoms with Crippen molar-refractivity contribution in [2.45, 2.75) is 19.4 Å². The standard InChI is InChI=1S/C14H14N4O5/c1-8(6-9-2-4-10(5-3-9)18(22)23)15-13(20)11-7-12(19)17-14(21)16-11/h2-5,7-8H,6H2,1H3,(H,15,20)(H2,16,17,19,21)/t8-/m1/s1. The Labute approximate surface area is 129 Å². The van der Waals surface area contributed by atoms with Crippen molar-refractivity contribution in [3.05, 3.63) is 72.5 Å². The Kier molecular flexibility index (Phi) is 4.69. The monoisotopic (exact) mass is 318 g/mol. The molecule has 9 heteroatoms. The zero-order chi connectivity index (χ0) is 17.0. The maximum Gasteiger partial charge on any atom is 0.326 e. The molecule has 0 radical (unpaired) electrons. The Morgan fingerprint density at radius 1 is 1.26 bits per heavy atom. The minimum Gasteiger partial charge on any atom is -0.348 e. The number of carbonyl (C=O) groups excluding carboxylic acids is 1. The molecule has 1 aromatic carbocycles. The van der Waals surface area contributed by atoms with Crippen LogP contribution in [0.15, 0.2) is 39.9 Å². The third-order valence-corrected chi connectivity index (χ3v) is 3.07. The summed E-state index contributed by atoms with van der Waals surface area (Å²) in [5, 5.41) is 13.2. The van der Waals surface area contributed by atoms with Gasteiger partial charge in [0.2, 0.25) is 0 Å². The average Bonchev–Trinajstić information content (AvgIpc) is 2.46. The maximum absolute atomic E-state index is 12.0. The number of amides is 1. The van der Waals surface area contributed by atoms with Gasteiger partial charge in [0.05, 0.1) is 4.92 Å². The highest BCUT2D eigenvalue weighted by Gasteiger charge is 2.13. The SMILES string of the molecule is C[C@H](Cc1ccc([N+](=O)[O-])cc1)NC(=O)c1cc(=O)[nH]c(=O)[nH]1. The molecular formula is C14H14N4O5. The quantitative estimate of drug-likeness (QED) is 0.539. The number of benzene rings is 1. The van der Waals surface area contributed by atoms with E-state index >= 15 is 0 Å². The van der Waals surface area contributed by atoms with Gasteiger partial charge in [-0.15, -0.1) is 0 Å². The number of nitro benzene ring substituents is 1. The highest BCUT2D eigenvalue weighted by molar-refractivity contribution is 5.92. The first-order valence-electron chi connectivity index (χ1n) is 6.73. The van der Waals surface area contributed by atoms with E-state index in [-0.39, 0.29) is 17.4 Å². The van der Waals surface area contributed by atoms with Crippen LogP contribution >= 0.6 is 0 Å². The van der Waals surface area contributed by atoms with Gasteiger partial charge in [0.1, 0.15) is 5.69 Å². The van der Waals surface area contributed by atoms with Gasteiger partial charge < -0.3 is 10.3 Å². The van der Waals surface area contributed by atoms with Gasteiger partial charge in [0.15, 0.2) is 0 Å². The van der Waals surface area contributed by atoms with Gasteiger partial charge in [0.25, 0.3) is 17.2 Å². The summed E-state index contributed by atoms with van der Waals surface area (Å²) in [6.45, 7) is 1.74. The molecule has 0 saturated carbocycles. The van der Waals surface area contributed by atoms with Crippen LogP contribution in [0, 0.1) is 10.1 Å². The van der Waals surface area contributed by atoms with Gasteiger partial charge in [-0.2, -0.15) is 0 Å². The first kappa shape index (κ1) is 16.1. The lowest BCUT2D eigenvalue weighted by Crippen LogP contribution is -2.37. The largest absolute Gasteiger partial charge is 0.348 e. The Morgan fingerprint density at radius 2 is 1.91 bits per heavy atom. The van der Waals surface area contributed by atoms with Crippen LogP contribution in [0.5, 0.6) is 0 Å². The van der Waals surface area contributed by atoms with E-state index in [0.717, 1.165) is 11.6 Å². The Hall–Kier alpha value is -3.23. The smallest absolute Gasteiger partial charge is 0.326 e. The summed E-state index contributed by atoms with van der Waals surface area (Å²) < 4.78 is 0. The molecule has 0 aliphatic heterocycles. The lowest BCUT2D eigenvalue weighted by molar-refractivity contribution is -0.384. The van der Waals surface area contributed by atoms with Gasteiger partial charge in [-0.25, -0.2) is 4.79 Å². The van der Waals surface area contributed by atoms with E-state index in [2.05, 4.69) is 10.3 Å².